The maximum Gasteiger partial charge on any atom is 0.234 e. The molecule has 0 spiro atoms. The van der Waals surface area contributed by atoms with Gasteiger partial charge >= 0.3 is 0 Å². The fraction of sp³-hybridized carbons (Fsp3) is 0.263. The van der Waals surface area contributed by atoms with Gasteiger partial charge in [-0.25, -0.2) is 0 Å². The molecule has 2 aromatic carbocycles. The van der Waals surface area contributed by atoms with Crippen molar-refractivity contribution in [3.63, 3.8) is 0 Å². The third-order valence-electron chi connectivity index (χ3n) is 3.97. The molecule has 6 nitrogen and oxygen atoms in total. The van der Waals surface area contributed by atoms with Crippen LogP contribution in [0, 0.1) is 0 Å². The Kier molecular flexibility index (Phi) is 6.14. The molecule has 0 aliphatic carbocycles. The van der Waals surface area contributed by atoms with E-state index in [1.165, 1.54) is 11.8 Å². The first kappa shape index (κ1) is 18.3. The molecule has 2 atom stereocenters. The quantitative estimate of drug-likeness (QED) is 0.727. The molecule has 2 aromatic rings. The lowest BCUT2D eigenvalue weighted by molar-refractivity contribution is -0.123. The molecule has 26 heavy (non-hydrogen) atoms. The fourth-order valence-corrected chi connectivity index (χ4v) is 3.59. The van der Waals surface area contributed by atoms with Crippen molar-refractivity contribution >= 4 is 29.3 Å². The molecule has 1 aliphatic heterocycles. The minimum absolute atomic E-state index is 0.0247. The number of carbonyl (C=O) groups is 2. The number of hydrogen-bond acceptors (Lipinski definition) is 5. The SMILES string of the molecule is COc1cccc(NC(=O)CSC2NC(=O)CC(c3ccccc3)N2)c1. The molecule has 0 radical (unpaired) electrons. The van der Waals surface area contributed by atoms with Crippen LogP contribution in [0.4, 0.5) is 5.69 Å². The molecule has 2 amide bonds. The van der Waals surface area contributed by atoms with Crippen LogP contribution in [0.15, 0.2) is 54.6 Å². The zero-order valence-corrected chi connectivity index (χ0v) is 15.2. The second-order valence-corrected chi connectivity index (χ2v) is 6.97. The normalized spacial score (nSPS) is 19.5. The Balaban J connectivity index is 1.53. The largest absolute Gasteiger partial charge is 0.497 e. The van der Waals surface area contributed by atoms with Crippen LogP contribution in [0.25, 0.3) is 0 Å². The summed E-state index contributed by atoms with van der Waals surface area (Å²) < 4.78 is 5.14. The van der Waals surface area contributed by atoms with Gasteiger partial charge in [-0.15, -0.1) is 11.8 Å². The predicted octanol–water partition coefficient (Wildman–Crippen LogP) is 2.50. The Morgan fingerprint density at radius 1 is 1.23 bits per heavy atom. The van der Waals surface area contributed by atoms with Crippen LogP contribution in [-0.4, -0.2) is 30.2 Å². The molecule has 1 heterocycles. The van der Waals surface area contributed by atoms with Crippen LogP contribution in [0.3, 0.4) is 0 Å². The van der Waals surface area contributed by atoms with Gasteiger partial charge in [-0.05, 0) is 17.7 Å². The number of anilines is 1. The first-order valence-corrected chi connectivity index (χ1v) is 9.35. The van der Waals surface area contributed by atoms with Crippen LogP contribution < -0.4 is 20.7 Å². The molecular formula is C19H21N3O3S. The average Bonchev–Trinajstić information content (AvgIpc) is 2.67. The van der Waals surface area contributed by atoms with Crippen molar-refractivity contribution in [1.82, 2.24) is 10.6 Å². The highest BCUT2D eigenvalue weighted by Crippen LogP contribution is 2.23. The minimum Gasteiger partial charge on any atom is -0.497 e. The molecule has 0 bridgehead atoms. The van der Waals surface area contributed by atoms with Gasteiger partial charge in [0.15, 0.2) is 0 Å². The average molecular weight is 371 g/mol. The highest BCUT2D eigenvalue weighted by atomic mass is 32.2. The summed E-state index contributed by atoms with van der Waals surface area (Å²) in [5.41, 5.74) is 1.43. The third-order valence-corrected chi connectivity index (χ3v) is 4.99. The van der Waals surface area contributed by atoms with Crippen LogP contribution in [0.5, 0.6) is 5.75 Å². The van der Waals surface area contributed by atoms with E-state index in [2.05, 4.69) is 16.0 Å². The summed E-state index contributed by atoms with van der Waals surface area (Å²) >= 11 is 1.35. The zero-order chi connectivity index (χ0) is 18.4. The Bertz CT molecular complexity index is 770. The van der Waals surface area contributed by atoms with Crippen molar-refractivity contribution in [2.24, 2.45) is 0 Å². The molecule has 2 unspecified atom stereocenters. The van der Waals surface area contributed by atoms with Crippen LogP contribution in [-0.2, 0) is 9.59 Å². The summed E-state index contributed by atoms with van der Waals surface area (Å²) in [5, 5.41) is 9.07. The monoisotopic (exact) mass is 371 g/mol. The topological polar surface area (TPSA) is 79.5 Å². The van der Waals surface area contributed by atoms with Gasteiger partial charge in [0, 0.05) is 24.2 Å². The van der Waals surface area contributed by atoms with Crippen molar-refractivity contribution in [3.05, 3.63) is 60.2 Å². The summed E-state index contributed by atoms with van der Waals surface area (Å²) in [7, 11) is 1.58. The summed E-state index contributed by atoms with van der Waals surface area (Å²) in [5.74, 6) is 0.739. The van der Waals surface area contributed by atoms with Crippen LogP contribution in [0.2, 0.25) is 0 Å². The number of rotatable bonds is 6. The molecule has 0 aromatic heterocycles. The first-order valence-electron chi connectivity index (χ1n) is 8.30. The summed E-state index contributed by atoms with van der Waals surface area (Å²) in [6.45, 7) is 0. The standard InChI is InChI=1S/C19H21N3O3S/c1-25-15-9-5-8-14(10-15)20-18(24)12-26-19-21-16(11-17(23)22-19)13-6-3-2-4-7-13/h2-10,16,19,21H,11-12H2,1H3,(H,20,24)(H,22,23). The summed E-state index contributed by atoms with van der Waals surface area (Å²) in [4.78, 5) is 24.2. The van der Waals surface area contributed by atoms with Crippen molar-refractivity contribution in [2.45, 2.75) is 18.0 Å². The van der Waals surface area contributed by atoms with Crippen LogP contribution in [0.1, 0.15) is 18.0 Å². The summed E-state index contributed by atoms with van der Waals surface area (Å²) in [6, 6.07) is 17.0. The number of amides is 2. The lowest BCUT2D eigenvalue weighted by Gasteiger charge is -2.31. The van der Waals surface area contributed by atoms with Gasteiger partial charge in [0.2, 0.25) is 11.8 Å². The smallest absolute Gasteiger partial charge is 0.234 e. The van der Waals surface area contributed by atoms with E-state index in [0.717, 1.165) is 5.56 Å². The van der Waals surface area contributed by atoms with E-state index in [1.54, 1.807) is 19.2 Å². The number of hydrogen-bond donors (Lipinski definition) is 3. The van der Waals surface area contributed by atoms with E-state index in [-0.39, 0.29) is 29.1 Å². The van der Waals surface area contributed by atoms with Gasteiger partial charge in [-0.3, -0.25) is 14.9 Å². The predicted molar refractivity (Wildman–Crippen MR) is 103 cm³/mol. The maximum atomic E-state index is 12.2. The van der Waals surface area contributed by atoms with E-state index in [4.69, 9.17) is 4.74 Å². The third kappa shape index (κ3) is 5.00. The molecule has 7 heteroatoms. The van der Waals surface area contributed by atoms with Gasteiger partial charge in [-0.2, -0.15) is 0 Å². The first-order chi connectivity index (χ1) is 12.6. The van der Waals surface area contributed by atoms with Crippen LogP contribution >= 0.6 is 11.8 Å². The lowest BCUT2D eigenvalue weighted by Crippen LogP contribution is -2.51. The van der Waals surface area contributed by atoms with E-state index in [9.17, 15) is 9.59 Å². The van der Waals surface area contributed by atoms with Gasteiger partial charge < -0.3 is 15.4 Å². The summed E-state index contributed by atoms with van der Waals surface area (Å²) in [6.07, 6.45) is 0.386. The minimum atomic E-state index is -0.308. The van der Waals surface area contributed by atoms with Gasteiger partial charge in [0.25, 0.3) is 0 Å². The van der Waals surface area contributed by atoms with Gasteiger partial charge in [0.05, 0.1) is 12.9 Å². The molecule has 0 saturated carbocycles. The number of thioether (sulfide) groups is 1. The van der Waals surface area contributed by atoms with E-state index in [1.807, 2.05) is 42.5 Å². The van der Waals surface area contributed by atoms with E-state index in [0.29, 0.717) is 17.9 Å². The maximum absolute atomic E-state index is 12.2. The van der Waals surface area contributed by atoms with E-state index >= 15 is 0 Å². The van der Waals surface area contributed by atoms with Crippen molar-refractivity contribution in [1.29, 1.82) is 0 Å². The second kappa shape index (κ2) is 8.73. The number of ether oxygens (including phenoxy) is 1. The number of nitrogens with one attached hydrogen (secondary N) is 3. The van der Waals surface area contributed by atoms with E-state index < -0.39 is 0 Å². The highest BCUT2D eigenvalue weighted by Gasteiger charge is 2.27. The number of carbonyl (C=O) groups excluding carboxylic acids is 2. The Morgan fingerprint density at radius 2 is 2.04 bits per heavy atom. The highest BCUT2D eigenvalue weighted by molar-refractivity contribution is 8.00. The molecule has 1 fully saturated rings. The molecule has 3 rings (SSSR count). The zero-order valence-electron chi connectivity index (χ0n) is 14.4. The Labute approximate surface area is 156 Å². The second-order valence-electron chi connectivity index (χ2n) is 5.87. The molecular weight excluding hydrogens is 350 g/mol. The van der Waals surface area contributed by atoms with Crippen molar-refractivity contribution in [3.8, 4) is 5.75 Å². The fourth-order valence-electron chi connectivity index (χ4n) is 2.72. The lowest BCUT2D eigenvalue weighted by atomic mass is 10.0. The molecule has 1 aliphatic rings. The molecule has 1 saturated heterocycles. The molecule has 136 valence electrons. The molecule has 3 N–H and O–H groups in total. The van der Waals surface area contributed by atoms with Crippen molar-refractivity contribution < 1.29 is 14.3 Å². The van der Waals surface area contributed by atoms with Gasteiger partial charge in [-0.1, -0.05) is 36.4 Å². The van der Waals surface area contributed by atoms with Gasteiger partial charge in [0.1, 0.15) is 11.2 Å². The Hall–Kier alpha value is -2.51. The Morgan fingerprint density at radius 3 is 2.81 bits per heavy atom. The van der Waals surface area contributed by atoms with Crippen molar-refractivity contribution in [2.75, 3.05) is 18.2 Å². The number of benzene rings is 2. The number of methoxy groups -OCH3 is 1.